The molecule has 0 amide bonds. The van der Waals surface area contributed by atoms with Crippen molar-refractivity contribution in [1.82, 2.24) is 4.98 Å². The maximum atomic E-state index is 5.07. The fraction of sp³-hybridized carbons (Fsp3) is 0.583. The van der Waals surface area contributed by atoms with Crippen LogP contribution in [0.4, 0.5) is 5.82 Å². The molecule has 1 atom stereocenters. The zero-order valence-electron chi connectivity index (χ0n) is 9.36. The number of pyridine rings is 1. The largest absolute Gasteiger partial charge is 0.481 e. The van der Waals surface area contributed by atoms with Gasteiger partial charge in [-0.25, -0.2) is 0 Å². The van der Waals surface area contributed by atoms with Crippen molar-refractivity contribution in [2.75, 3.05) is 19.0 Å². The first-order chi connectivity index (χ1) is 7.29. The number of methoxy groups -OCH3 is 1. The van der Waals surface area contributed by atoms with Gasteiger partial charge in [0.25, 0.3) is 0 Å². The molecule has 0 aromatic carbocycles. The van der Waals surface area contributed by atoms with Crippen LogP contribution < -0.4 is 10.1 Å². The Balaban J connectivity index is 1.86. The normalized spacial score (nSPS) is 17.2. The topological polar surface area (TPSA) is 34.1 Å². The fourth-order valence-corrected chi connectivity index (χ4v) is 1.72. The lowest BCUT2D eigenvalue weighted by Crippen LogP contribution is -2.13. The van der Waals surface area contributed by atoms with E-state index in [0.717, 1.165) is 24.2 Å². The Morgan fingerprint density at radius 3 is 3.00 bits per heavy atom. The van der Waals surface area contributed by atoms with Crippen molar-refractivity contribution in [1.29, 1.82) is 0 Å². The minimum Gasteiger partial charge on any atom is -0.481 e. The minimum atomic E-state index is 0.666. The average molecular weight is 206 g/mol. The van der Waals surface area contributed by atoms with Gasteiger partial charge in [0.05, 0.1) is 7.11 Å². The highest BCUT2D eigenvalue weighted by molar-refractivity contribution is 5.37. The molecule has 1 aromatic rings. The average Bonchev–Trinajstić information content (AvgIpc) is 3.10. The second-order valence-corrected chi connectivity index (χ2v) is 4.26. The molecule has 3 heteroatoms. The van der Waals surface area contributed by atoms with E-state index in [1.807, 2.05) is 18.2 Å². The smallest absolute Gasteiger partial charge is 0.214 e. The summed E-state index contributed by atoms with van der Waals surface area (Å²) in [6.07, 6.45) is 2.79. The molecular weight excluding hydrogens is 188 g/mol. The molecule has 15 heavy (non-hydrogen) atoms. The van der Waals surface area contributed by atoms with Crippen LogP contribution in [-0.2, 0) is 0 Å². The summed E-state index contributed by atoms with van der Waals surface area (Å²) in [5.41, 5.74) is 0. The molecule has 0 radical (unpaired) electrons. The highest BCUT2D eigenvalue weighted by Gasteiger charge is 2.27. The highest BCUT2D eigenvalue weighted by Crippen LogP contribution is 2.36. The van der Waals surface area contributed by atoms with E-state index < -0.39 is 0 Å². The van der Waals surface area contributed by atoms with Gasteiger partial charge in [0.2, 0.25) is 5.88 Å². The molecule has 0 aliphatic heterocycles. The third-order valence-electron chi connectivity index (χ3n) is 2.96. The van der Waals surface area contributed by atoms with Gasteiger partial charge in [-0.15, -0.1) is 0 Å². The van der Waals surface area contributed by atoms with Crippen molar-refractivity contribution >= 4 is 5.82 Å². The lowest BCUT2D eigenvalue weighted by atomic mass is 10.1. The van der Waals surface area contributed by atoms with Gasteiger partial charge < -0.3 is 10.1 Å². The number of nitrogens with zero attached hydrogens (tertiary/aromatic N) is 1. The molecule has 0 bridgehead atoms. The van der Waals surface area contributed by atoms with Crippen molar-refractivity contribution < 1.29 is 4.74 Å². The third-order valence-corrected chi connectivity index (χ3v) is 2.96. The van der Waals surface area contributed by atoms with E-state index in [9.17, 15) is 0 Å². The lowest BCUT2D eigenvalue weighted by Gasteiger charge is -2.12. The van der Waals surface area contributed by atoms with Gasteiger partial charge in [0.1, 0.15) is 5.82 Å². The Kier molecular flexibility index (Phi) is 3.09. The van der Waals surface area contributed by atoms with Crippen molar-refractivity contribution in [2.24, 2.45) is 11.8 Å². The molecule has 1 aliphatic rings. The van der Waals surface area contributed by atoms with E-state index in [0.29, 0.717) is 5.88 Å². The van der Waals surface area contributed by atoms with Crippen LogP contribution >= 0.6 is 0 Å². The van der Waals surface area contributed by atoms with E-state index in [1.54, 1.807) is 7.11 Å². The SMILES string of the molecule is COc1cccc(NCC(C)C2CC2)n1. The zero-order valence-corrected chi connectivity index (χ0v) is 9.36. The van der Waals surface area contributed by atoms with Crippen LogP contribution in [0.25, 0.3) is 0 Å². The molecule has 0 spiro atoms. The van der Waals surface area contributed by atoms with E-state index in [1.165, 1.54) is 12.8 Å². The summed E-state index contributed by atoms with van der Waals surface area (Å²) in [5.74, 6) is 3.25. The number of hydrogen-bond donors (Lipinski definition) is 1. The monoisotopic (exact) mass is 206 g/mol. The maximum absolute atomic E-state index is 5.07. The quantitative estimate of drug-likeness (QED) is 0.804. The van der Waals surface area contributed by atoms with Crippen molar-refractivity contribution in [3.05, 3.63) is 18.2 Å². The molecule has 1 heterocycles. The number of anilines is 1. The van der Waals surface area contributed by atoms with Gasteiger partial charge in [-0.1, -0.05) is 13.0 Å². The molecule has 1 aromatic heterocycles. The van der Waals surface area contributed by atoms with Gasteiger partial charge in [-0.05, 0) is 30.7 Å². The van der Waals surface area contributed by atoms with Crippen LogP contribution in [0.5, 0.6) is 5.88 Å². The first kappa shape index (κ1) is 10.3. The molecule has 1 saturated carbocycles. The molecule has 0 saturated heterocycles. The van der Waals surface area contributed by atoms with Crippen molar-refractivity contribution in [3.8, 4) is 5.88 Å². The predicted octanol–water partition coefficient (Wildman–Crippen LogP) is 2.55. The van der Waals surface area contributed by atoms with E-state index in [-0.39, 0.29) is 0 Å². The van der Waals surface area contributed by atoms with Gasteiger partial charge in [-0.2, -0.15) is 4.98 Å². The van der Waals surface area contributed by atoms with Gasteiger partial charge in [-0.3, -0.25) is 0 Å². The highest BCUT2D eigenvalue weighted by atomic mass is 16.5. The summed E-state index contributed by atoms with van der Waals surface area (Å²) in [5, 5.41) is 3.35. The molecule has 1 unspecified atom stereocenters. The van der Waals surface area contributed by atoms with Crippen LogP contribution in [0.15, 0.2) is 18.2 Å². The molecule has 2 rings (SSSR count). The number of hydrogen-bond acceptors (Lipinski definition) is 3. The standard InChI is InChI=1S/C12H18N2O/c1-9(10-6-7-10)8-13-11-4-3-5-12(14-11)15-2/h3-5,9-10H,6-8H2,1-2H3,(H,13,14). The van der Waals surface area contributed by atoms with Gasteiger partial charge in [0, 0.05) is 12.6 Å². The van der Waals surface area contributed by atoms with Crippen LogP contribution in [0.3, 0.4) is 0 Å². The van der Waals surface area contributed by atoms with Crippen molar-refractivity contribution in [3.63, 3.8) is 0 Å². The van der Waals surface area contributed by atoms with Gasteiger partial charge >= 0.3 is 0 Å². The Morgan fingerprint density at radius 2 is 2.33 bits per heavy atom. The molecular formula is C12H18N2O. The second-order valence-electron chi connectivity index (χ2n) is 4.26. The Morgan fingerprint density at radius 1 is 1.53 bits per heavy atom. The molecule has 1 N–H and O–H groups in total. The Labute approximate surface area is 90.9 Å². The summed E-state index contributed by atoms with van der Waals surface area (Å²) in [6.45, 7) is 3.30. The first-order valence-corrected chi connectivity index (χ1v) is 5.54. The second kappa shape index (κ2) is 4.51. The third kappa shape index (κ3) is 2.85. The Hall–Kier alpha value is -1.25. The lowest BCUT2D eigenvalue weighted by molar-refractivity contribution is 0.398. The van der Waals surface area contributed by atoms with Crippen LogP contribution in [0.1, 0.15) is 19.8 Å². The van der Waals surface area contributed by atoms with E-state index >= 15 is 0 Å². The number of ether oxygens (including phenoxy) is 1. The maximum Gasteiger partial charge on any atom is 0.214 e. The van der Waals surface area contributed by atoms with Crippen LogP contribution in [0.2, 0.25) is 0 Å². The van der Waals surface area contributed by atoms with E-state index in [4.69, 9.17) is 4.74 Å². The molecule has 1 aliphatic carbocycles. The van der Waals surface area contributed by atoms with Gasteiger partial charge in [0.15, 0.2) is 0 Å². The molecule has 3 nitrogen and oxygen atoms in total. The predicted molar refractivity (Wildman–Crippen MR) is 61.2 cm³/mol. The van der Waals surface area contributed by atoms with Crippen LogP contribution in [-0.4, -0.2) is 18.6 Å². The zero-order chi connectivity index (χ0) is 10.7. The van der Waals surface area contributed by atoms with Crippen LogP contribution in [0, 0.1) is 11.8 Å². The van der Waals surface area contributed by atoms with E-state index in [2.05, 4.69) is 17.2 Å². The Bertz CT molecular complexity index is 323. The first-order valence-electron chi connectivity index (χ1n) is 5.54. The fourth-order valence-electron chi connectivity index (χ4n) is 1.72. The summed E-state index contributed by atoms with van der Waals surface area (Å²) < 4.78 is 5.07. The minimum absolute atomic E-state index is 0.666. The molecule has 1 fully saturated rings. The summed E-state index contributed by atoms with van der Waals surface area (Å²) in [6, 6.07) is 5.79. The number of rotatable bonds is 5. The summed E-state index contributed by atoms with van der Waals surface area (Å²) in [7, 11) is 1.64. The summed E-state index contributed by atoms with van der Waals surface area (Å²) >= 11 is 0. The molecule has 82 valence electrons. The number of aromatic nitrogens is 1. The van der Waals surface area contributed by atoms with Crippen molar-refractivity contribution in [2.45, 2.75) is 19.8 Å². The summed E-state index contributed by atoms with van der Waals surface area (Å²) in [4.78, 5) is 4.31. The number of nitrogens with one attached hydrogen (secondary N) is 1.